The Morgan fingerprint density at radius 2 is 1.79 bits per heavy atom. The minimum absolute atomic E-state index is 1.14. The molecule has 0 bridgehead atoms. The Hall–Kier alpha value is -2.48. The molecule has 1 aromatic heterocycles. The first-order valence-electron chi connectivity index (χ1n) is 6.31. The van der Waals surface area contributed by atoms with Crippen LogP contribution in [0.2, 0.25) is 0 Å². The van der Waals surface area contributed by atoms with Crippen molar-refractivity contribution in [3.05, 3.63) is 72.1 Å². The number of fused-ring (bicyclic) bond motifs is 1. The molecule has 0 aliphatic heterocycles. The molecule has 0 aliphatic carbocycles. The molecule has 0 saturated carbocycles. The lowest BCUT2D eigenvalue weighted by Crippen LogP contribution is -2.31. The standard InChI is InChI=1S/C17H15N2/c1-19-13-14(11-12-18-19)9-10-16-7-4-6-15-5-2-3-8-17(15)16/h2-13H,1H3/q+1. The molecule has 2 nitrogen and oxygen atoms in total. The lowest BCUT2D eigenvalue weighted by molar-refractivity contribution is -0.731. The second-order valence-electron chi connectivity index (χ2n) is 4.54. The van der Waals surface area contributed by atoms with Gasteiger partial charge in [0, 0.05) is 5.56 Å². The lowest BCUT2D eigenvalue weighted by Gasteiger charge is -2.01. The molecule has 19 heavy (non-hydrogen) atoms. The maximum absolute atomic E-state index is 4.13. The highest BCUT2D eigenvalue weighted by Crippen LogP contribution is 2.20. The summed E-state index contributed by atoms with van der Waals surface area (Å²) in [7, 11) is 1.93. The van der Waals surface area contributed by atoms with E-state index in [1.54, 1.807) is 0 Å². The van der Waals surface area contributed by atoms with Crippen LogP contribution in [0.25, 0.3) is 22.9 Å². The van der Waals surface area contributed by atoms with E-state index in [0.29, 0.717) is 0 Å². The van der Waals surface area contributed by atoms with Crippen LogP contribution < -0.4 is 4.68 Å². The lowest BCUT2D eigenvalue weighted by atomic mass is 10.0. The van der Waals surface area contributed by atoms with Gasteiger partial charge in [0.2, 0.25) is 6.20 Å². The van der Waals surface area contributed by atoms with Crippen LogP contribution in [0.4, 0.5) is 0 Å². The van der Waals surface area contributed by atoms with Crippen LogP contribution in [0.15, 0.2) is 60.9 Å². The highest BCUT2D eigenvalue weighted by Gasteiger charge is 1.98. The van der Waals surface area contributed by atoms with Crippen LogP contribution in [0.1, 0.15) is 11.1 Å². The van der Waals surface area contributed by atoms with Gasteiger partial charge in [-0.3, -0.25) is 0 Å². The second kappa shape index (κ2) is 5.02. The minimum Gasteiger partial charge on any atom is -0.0934 e. The van der Waals surface area contributed by atoms with Crippen molar-refractivity contribution in [2.75, 3.05) is 0 Å². The Kier molecular flexibility index (Phi) is 3.07. The van der Waals surface area contributed by atoms with Gasteiger partial charge in [-0.05, 0) is 33.6 Å². The molecule has 0 fully saturated rings. The van der Waals surface area contributed by atoms with Crippen molar-refractivity contribution in [3.63, 3.8) is 0 Å². The van der Waals surface area contributed by atoms with Crippen LogP contribution in [-0.2, 0) is 7.05 Å². The monoisotopic (exact) mass is 247 g/mol. The van der Waals surface area contributed by atoms with E-state index < -0.39 is 0 Å². The van der Waals surface area contributed by atoms with Crippen LogP contribution in [0.3, 0.4) is 0 Å². The molecule has 3 aromatic rings. The third kappa shape index (κ3) is 2.52. The van der Waals surface area contributed by atoms with Crippen molar-refractivity contribution in [1.29, 1.82) is 0 Å². The SMILES string of the molecule is C[n+]1cc(C=Cc2cccc3ccccc23)ccn1. The van der Waals surface area contributed by atoms with Gasteiger partial charge in [0.25, 0.3) is 0 Å². The summed E-state index contributed by atoms with van der Waals surface area (Å²) in [5, 5.41) is 6.67. The first-order valence-corrected chi connectivity index (χ1v) is 6.31. The quantitative estimate of drug-likeness (QED) is 0.635. The zero-order valence-corrected chi connectivity index (χ0v) is 10.8. The average molecular weight is 247 g/mol. The molecular formula is C17H15N2+. The zero-order chi connectivity index (χ0) is 13.1. The molecule has 1 heterocycles. The number of rotatable bonds is 2. The maximum atomic E-state index is 4.13. The van der Waals surface area contributed by atoms with E-state index >= 15 is 0 Å². The fourth-order valence-electron chi connectivity index (χ4n) is 2.20. The van der Waals surface area contributed by atoms with E-state index in [2.05, 4.69) is 59.7 Å². The van der Waals surface area contributed by atoms with Crippen LogP contribution in [0.5, 0.6) is 0 Å². The Bertz CT molecular complexity index is 740. The molecule has 0 spiro atoms. The highest BCUT2D eigenvalue weighted by molar-refractivity contribution is 5.92. The van der Waals surface area contributed by atoms with Crippen molar-refractivity contribution in [2.24, 2.45) is 7.05 Å². The molecule has 0 N–H and O–H groups in total. The molecule has 2 aromatic carbocycles. The van der Waals surface area contributed by atoms with Crippen LogP contribution in [-0.4, -0.2) is 5.10 Å². The summed E-state index contributed by atoms with van der Waals surface area (Å²) in [6.45, 7) is 0. The molecular weight excluding hydrogens is 232 g/mol. The molecule has 0 radical (unpaired) electrons. The summed E-state index contributed by atoms with van der Waals surface area (Å²) >= 11 is 0. The number of nitrogens with zero attached hydrogens (tertiary/aromatic N) is 2. The molecule has 0 aliphatic rings. The second-order valence-corrected chi connectivity index (χ2v) is 4.54. The van der Waals surface area contributed by atoms with Crippen molar-refractivity contribution in [1.82, 2.24) is 5.10 Å². The predicted octanol–water partition coefficient (Wildman–Crippen LogP) is 3.23. The number of hydrogen-bond donors (Lipinski definition) is 0. The van der Waals surface area contributed by atoms with Crippen molar-refractivity contribution >= 4 is 22.9 Å². The smallest absolute Gasteiger partial charge is 0.0934 e. The van der Waals surface area contributed by atoms with Gasteiger partial charge in [-0.25, -0.2) is 0 Å². The summed E-state index contributed by atoms with van der Waals surface area (Å²) in [5.41, 5.74) is 2.38. The molecule has 92 valence electrons. The molecule has 3 rings (SSSR count). The highest BCUT2D eigenvalue weighted by atomic mass is 15.2. The Morgan fingerprint density at radius 3 is 2.68 bits per heavy atom. The Balaban J connectivity index is 2.02. The third-order valence-corrected chi connectivity index (χ3v) is 3.13. The number of aromatic nitrogens is 2. The van der Waals surface area contributed by atoms with E-state index in [-0.39, 0.29) is 0 Å². The van der Waals surface area contributed by atoms with Crippen LogP contribution >= 0.6 is 0 Å². The Labute approximate surface area is 112 Å². The van der Waals surface area contributed by atoms with Gasteiger partial charge >= 0.3 is 0 Å². The molecule has 0 amide bonds. The van der Waals surface area contributed by atoms with Gasteiger partial charge in [0.05, 0.1) is 6.20 Å². The van der Waals surface area contributed by atoms with Gasteiger partial charge in [0.15, 0.2) is 7.05 Å². The number of hydrogen-bond acceptors (Lipinski definition) is 1. The van der Waals surface area contributed by atoms with E-state index in [9.17, 15) is 0 Å². The van der Waals surface area contributed by atoms with Crippen molar-refractivity contribution in [2.45, 2.75) is 0 Å². The molecule has 2 heteroatoms. The van der Waals surface area contributed by atoms with E-state index in [1.807, 2.05) is 30.2 Å². The molecule has 0 unspecified atom stereocenters. The van der Waals surface area contributed by atoms with E-state index in [4.69, 9.17) is 0 Å². The van der Waals surface area contributed by atoms with Gasteiger partial charge in [0.1, 0.15) is 0 Å². The van der Waals surface area contributed by atoms with Crippen molar-refractivity contribution in [3.8, 4) is 0 Å². The largest absolute Gasteiger partial charge is 0.203 e. The number of benzene rings is 2. The minimum atomic E-state index is 1.14. The normalized spacial score (nSPS) is 11.2. The van der Waals surface area contributed by atoms with E-state index in [0.717, 1.165) is 5.56 Å². The van der Waals surface area contributed by atoms with Gasteiger partial charge < -0.3 is 0 Å². The topological polar surface area (TPSA) is 16.8 Å². The Morgan fingerprint density at radius 1 is 0.947 bits per heavy atom. The summed E-state index contributed by atoms with van der Waals surface area (Å²) in [6.07, 6.45) is 8.07. The number of aryl methyl sites for hydroxylation is 1. The van der Waals surface area contributed by atoms with Gasteiger partial charge in [-0.15, -0.1) is 0 Å². The zero-order valence-electron chi connectivity index (χ0n) is 10.8. The fourth-order valence-corrected chi connectivity index (χ4v) is 2.20. The van der Waals surface area contributed by atoms with E-state index in [1.165, 1.54) is 16.3 Å². The third-order valence-electron chi connectivity index (χ3n) is 3.13. The maximum Gasteiger partial charge on any atom is 0.203 e. The summed E-state index contributed by atoms with van der Waals surface area (Å²) in [4.78, 5) is 0. The first-order chi connectivity index (χ1) is 9.33. The summed E-state index contributed by atoms with van der Waals surface area (Å²) in [6, 6.07) is 16.8. The van der Waals surface area contributed by atoms with Crippen molar-refractivity contribution < 1.29 is 4.68 Å². The summed E-state index contributed by atoms with van der Waals surface area (Å²) in [5.74, 6) is 0. The van der Waals surface area contributed by atoms with Gasteiger partial charge in [-0.1, -0.05) is 53.2 Å². The first kappa shape index (κ1) is 11.6. The van der Waals surface area contributed by atoms with Crippen LogP contribution in [0, 0.1) is 0 Å². The average Bonchev–Trinajstić information content (AvgIpc) is 2.45. The van der Waals surface area contributed by atoms with Gasteiger partial charge in [-0.2, -0.15) is 0 Å². The fraction of sp³-hybridized carbons (Fsp3) is 0.0588. The molecule has 0 saturated heterocycles. The molecule has 0 atom stereocenters. The summed E-state index contributed by atoms with van der Waals surface area (Å²) < 4.78 is 1.81. The predicted molar refractivity (Wildman–Crippen MR) is 78.3 cm³/mol.